The molecule has 5 heteroatoms. The summed E-state index contributed by atoms with van der Waals surface area (Å²) in [6.07, 6.45) is 2.20. The quantitative estimate of drug-likeness (QED) is 0.919. The van der Waals surface area contributed by atoms with Crippen LogP contribution in [0.2, 0.25) is 0 Å². The standard InChI is InChI=1S/C10H15BrN2O2/c1-4-7(10(14)15)8-5-12-13(6(2)3)9(8)11/h5-7H,4H2,1-3H3,(H,14,15). The number of nitrogens with zero attached hydrogens (tertiary/aromatic N) is 2. The third kappa shape index (κ3) is 2.40. The van der Waals surface area contributed by atoms with Gasteiger partial charge in [0.05, 0.1) is 12.1 Å². The predicted octanol–water partition coefficient (Wildman–Crippen LogP) is 2.80. The Morgan fingerprint density at radius 2 is 2.27 bits per heavy atom. The van der Waals surface area contributed by atoms with Crippen LogP contribution in [0.25, 0.3) is 0 Å². The summed E-state index contributed by atoms with van der Waals surface area (Å²) in [4.78, 5) is 11.0. The third-order valence-electron chi connectivity index (χ3n) is 2.33. The highest BCUT2D eigenvalue weighted by Gasteiger charge is 2.23. The van der Waals surface area contributed by atoms with Gasteiger partial charge in [-0.25, -0.2) is 0 Å². The van der Waals surface area contributed by atoms with Gasteiger partial charge in [-0.15, -0.1) is 0 Å². The van der Waals surface area contributed by atoms with Crippen LogP contribution in [0.4, 0.5) is 0 Å². The zero-order valence-corrected chi connectivity index (χ0v) is 10.7. The number of carboxylic acid groups (broad SMARTS) is 1. The molecule has 1 unspecified atom stereocenters. The van der Waals surface area contributed by atoms with Gasteiger partial charge in [0, 0.05) is 11.6 Å². The number of hydrogen-bond donors (Lipinski definition) is 1. The predicted molar refractivity (Wildman–Crippen MR) is 61.0 cm³/mol. The van der Waals surface area contributed by atoms with Crippen molar-refractivity contribution in [3.05, 3.63) is 16.4 Å². The highest BCUT2D eigenvalue weighted by molar-refractivity contribution is 9.10. The lowest BCUT2D eigenvalue weighted by Crippen LogP contribution is -2.11. The fraction of sp³-hybridized carbons (Fsp3) is 0.600. The molecule has 0 aromatic carbocycles. The molecule has 0 amide bonds. The van der Waals surface area contributed by atoms with E-state index in [2.05, 4.69) is 21.0 Å². The van der Waals surface area contributed by atoms with Gasteiger partial charge in [0.15, 0.2) is 0 Å². The number of hydrogen-bond acceptors (Lipinski definition) is 2. The Hall–Kier alpha value is -0.840. The molecular weight excluding hydrogens is 260 g/mol. The SMILES string of the molecule is CCC(C(=O)O)c1cnn(C(C)C)c1Br. The molecule has 0 fully saturated rings. The van der Waals surface area contributed by atoms with E-state index in [1.54, 1.807) is 10.9 Å². The average molecular weight is 275 g/mol. The first-order chi connectivity index (χ1) is 6.99. The maximum Gasteiger partial charge on any atom is 0.311 e. The molecule has 1 heterocycles. The monoisotopic (exact) mass is 274 g/mol. The summed E-state index contributed by atoms with van der Waals surface area (Å²) in [5, 5.41) is 13.2. The molecule has 1 N–H and O–H groups in total. The molecule has 0 aliphatic rings. The van der Waals surface area contributed by atoms with Gasteiger partial charge < -0.3 is 5.11 Å². The molecule has 0 bridgehead atoms. The molecule has 1 aromatic heterocycles. The largest absolute Gasteiger partial charge is 0.481 e. The summed E-state index contributed by atoms with van der Waals surface area (Å²) in [5.41, 5.74) is 0.749. The van der Waals surface area contributed by atoms with Crippen LogP contribution in [0.15, 0.2) is 10.8 Å². The molecule has 4 nitrogen and oxygen atoms in total. The summed E-state index contributed by atoms with van der Waals surface area (Å²) in [6, 6.07) is 0.222. The molecular formula is C10H15BrN2O2. The van der Waals surface area contributed by atoms with E-state index in [0.717, 1.165) is 10.2 Å². The Balaban J connectivity index is 3.09. The number of halogens is 1. The minimum Gasteiger partial charge on any atom is -0.481 e. The Morgan fingerprint density at radius 3 is 2.60 bits per heavy atom. The van der Waals surface area contributed by atoms with Gasteiger partial charge in [-0.3, -0.25) is 9.48 Å². The van der Waals surface area contributed by atoms with Gasteiger partial charge in [0.1, 0.15) is 4.60 Å². The van der Waals surface area contributed by atoms with Crippen molar-refractivity contribution in [3.8, 4) is 0 Å². The summed E-state index contributed by atoms with van der Waals surface area (Å²) in [7, 11) is 0. The van der Waals surface area contributed by atoms with Gasteiger partial charge >= 0.3 is 5.97 Å². The van der Waals surface area contributed by atoms with E-state index in [9.17, 15) is 4.79 Å². The lowest BCUT2D eigenvalue weighted by molar-refractivity contribution is -0.138. The van der Waals surface area contributed by atoms with E-state index in [-0.39, 0.29) is 6.04 Å². The molecule has 1 aromatic rings. The van der Waals surface area contributed by atoms with Gasteiger partial charge in [-0.1, -0.05) is 6.92 Å². The minimum absolute atomic E-state index is 0.222. The Labute approximate surface area is 97.4 Å². The van der Waals surface area contributed by atoms with Crippen molar-refractivity contribution in [1.29, 1.82) is 0 Å². The van der Waals surface area contributed by atoms with Crippen LogP contribution in [0.1, 0.15) is 44.7 Å². The fourth-order valence-electron chi connectivity index (χ4n) is 1.48. The molecule has 0 radical (unpaired) electrons. The van der Waals surface area contributed by atoms with Crippen molar-refractivity contribution < 1.29 is 9.90 Å². The van der Waals surface area contributed by atoms with Crippen molar-refractivity contribution in [2.75, 3.05) is 0 Å². The zero-order chi connectivity index (χ0) is 11.6. The van der Waals surface area contributed by atoms with E-state index >= 15 is 0 Å². The second-order valence-electron chi connectivity index (χ2n) is 3.73. The molecule has 0 aliphatic heterocycles. The average Bonchev–Trinajstić information content (AvgIpc) is 2.49. The van der Waals surface area contributed by atoms with E-state index in [1.807, 2.05) is 20.8 Å². The summed E-state index contributed by atoms with van der Waals surface area (Å²) >= 11 is 3.40. The van der Waals surface area contributed by atoms with E-state index in [0.29, 0.717) is 6.42 Å². The first-order valence-electron chi connectivity index (χ1n) is 4.94. The van der Waals surface area contributed by atoms with Gasteiger partial charge in [-0.2, -0.15) is 5.10 Å². The van der Waals surface area contributed by atoms with Crippen LogP contribution in [-0.2, 0) is 4.79 Å². The lowest BCUT2D eigenvalue weighted by atomic mass is 10.0. The van der Waals surface area contributed by atoms with Crippen molar-refractivity contribution in [3.63, 3.8) is 0 Å². The highest BCUT2D eigenvalue weighted by atomic mass is 79.9. The summed E-state index contributed by atoms with van der Waals surface area (Å²) in [5.74, 6) is -1.28. The second-order valence-corrected chi connectivity index (χ2v) is 4.48. The van der Waals surface area contributed by atoms with Crippen molar-refractivity contribution in [2.24, 2.45) is 0 Å². The summed E-state index contributed by atoms with van der Waals surface area (Å²) in [6.45, 7) is 5.87. The van der Waals surface area contributed by atoms with Crippen LogP contribution in [0, 0.1) is 0 Å². The number of carbonyl (C=O) groups is 1. The van der Waals surface area contributed by atoms with Crippen LogP contribution in [-0.4, -0.2) is 20.9 Å². The second kappa shape index (κ2) is 4.79. The van der Waals surface area contributed by atoms with E-state index < -0.39 is 11.9 Å². The first-order valence-corrected chi connectivity index (χ1v) is 5.74. The highest BCUT2D eigenvalue weighted by Crippen LogP contribution is 2.29. The number of aromatic nitrogens is 2. The Kier molecular flexibility index (Phi) is 3.90. The molecule has 1 rings (SSSR count). The zero-order valence-electron chi connectivity index (χ0n) is 9.07. The van der Waals surface area contributed by atoms with Gasteiger partial charge in [0.25, 0.3) is 0 Å². The number of rotatable bonds is 4. The van der Waals surface area contributed by atoms with Gasteiger partial charge in [-0.05, 0) is 36.2 Å². The summed E-state index contributed by atoms with van der Waals surface area (Å²) < 4.78 is 2.55. The van der Waals surface area contributed by atoms with Crippen molar-refractivity contribution in [2.45, 2.75) is 39.2 Å². The molecule has 0 spiro atoms. The van der Waals surface area contributed by atoms with Crippen LogP contribution in [0.3, 0.4) is 0 Å². The van der Waals surface area contributed by atoms with E-state index in [4.69, 9.17) is 5.11 Å². The molecule has 0 saturated carbocycles. The maximum atomic E-state index is 11.0. The van der Waals surface area contributed by atoms with E-state index in [1.165, 1.54) is 0 Å². The molecule has 15 heavy (non-hydrogen) atoms. The van der Waals surface area contributed by atoms with Crippen LogP contribution >= 0.6 is 15.9 Å². The Morgan fingerprint density at radius 1 is 1.67 bits per heavy atom. The Bertz CT molecular complexity index is 360. The van der Waals surface area contributed by atoms with Crippen molar-refractivity contribution in [1.82, 2.24) is 9.78 Å². The minimum atomic E-state index is -0.804. The first kappa shape index (κ1) is 12.2. The topological polar surface area (TPSA) is 55.1 Å². The number of aliphatic carboxylic acids is 1. The third-order valence-corrected chi connectivity index (χ3v) is 3.15. The molecule has 84 valence electrons. The molecule has 0 aliphatic carbocycles. The van der Waals surface area contributed by atoms with Crippen LogP contribution < -0.4 is 0 Å². The normalized spacial score (nSPS) is 13.1. The van der Waals surface area contributed by atoms with Crippen molar-refractivity contribution >= 4 is 21.9 Å². The van der Waals surface area contributed by atoms with Crippen LogP contribution in [0.5, 0.6) is 0 Å². The molecule has 0 saturated heterocycles. The lowest BCUT2D eigenvalue weighted by Gasteiger charge is -2.10. The number of carboxylic acids is 1. The fourth-order valence-corrected chi connectivity index (χ4v) is 2.36. The molecule has 1 atom stereocenters. The maximum absolute atomic E-state index is 11.0. The smallest absolute Gasteiger partial charge is 0.311 e. The van der Waals surface area contributed by atoms with Gasteiger partial charge in [0.2, 0.25) is 0 Å².